The molecule has 16 heavy (non-hydrogen) atoms. The molecular weight excluding hydrogens is 196 g/mol. The van der Waals surface area contributed by atoms with E-state index in [-0.39, 0.29) is 0 Å². The smallest absolute Gasteiger partial charge is 0.00978 e. The van der Waals surface area contributed by atoms with Gasteiger partial charge in [0.1, 0.15) is 0 Å². The molecule has 2 rings (SSSR count). The molecule has 1 atom stereocenters. The van der Waals surface area contributed by atoms with Crippen LogP contribution in [0.15, 0.2) is 0 Å². The lowest BCUT2D eigenvalue weighted by Crippen LogP contribution is -2.47. The van der Waals surface area contributed by atoms with Crippen LogP contribution in [0.2, 0.25) is 0 Å². The average molecular weight is 224 g/mol. The summed E-state index contributed by atoms with van der Waals surface area (Å²) in [6.45, 7) is 8.52. The van der Waals surface area contributed by atoms with Crippen molar-refractivity contribution in [2.75, 3.05) is 26.7 Å². The van der Waals surface area contributed by atoms with Crippen LogP contribution in [-0.4, -0.2) is 37.6 Å². The average Bonchev–Trinajstić information content (AvgIpc) is 2.15. The molecular formula is C14H28N2. The Labute approximate surface area is 101 Å². The van der Waals surface area contributed by atoms with E-state index in [4.69, 9.17) is 0 Å². The fourth-order valence-corrected chi connectivity index (χ4v) is 3.17. The normalized spacial score (nSPS) is 35.4. The van der Waals surface area contributed by atoms with Gasteiger partial charge in [0.25, 0.3) is 0 Å². The fourth-order valence-electron chi connectivity index (χ4n) is 3.17. The fraction of sp³-hybridized carbons (Fsp3) is 1.00. The first kappa shape index (κ1) is 12.4. The number of hydrogen-bond donors (Lipinski definition) is 1. The zero-order valence-electron chi connectivity index (χ0n) is 11.2. The summed E-state index contributed by atoms with van der Waals surface area (Å²) in [5, 5.41) is 3.52. The molecule has 0 aromatic rings. The standard InChI is InChI=1S/C14H28N2/c1-11(2)13-7-14(8-13)16(3)10-12-5-4-6-15-9-12/h11-15H,4-10H2,1-3H3. The van der Waals surface area contributed by atoms with Crippen molar-refractivity contribution in [3.05, 3.63) is 0 Å². The van der Waals surface area contributed by atoms with Crippen LogP contribution in [0.25, 0.3) is 0 Å². The lowest BCUT2D eigenvalue weighted by atomic mass is 9.73. The minimum Gasteiger partial charge on any atom is -0.316 e. The van der Waals surface area contributed by atoms with Crippen molar-refractivity contribution in [3.8, 4) is 0 Å². The number of hydrogen-bond acceptors (Lipinski definition) is 2. The maximum Gasteiger partial charge on any atom is 0.00978 e. The number of nitrogens with one attached hydrogen (secondary N) is 1. The molecule has 0 radical (unpaired) electrons. The van der Waals surface area contributed by atoms with Gasteiger partial charge in [-0.2, -0.15) is 0 Å². The van der Waals surface area contributed by atoms with E-state index in [9.17, 15) is 0 Å². The summed E-state index contributed by atoms with van der Waals surface area (Å²) in [5.41, 5.74) is 0. The van der Waals surface area contributed by atoms with Gasteiger partial charge in [-0.05, 0) is 63.6 Å². The van der Waals surface area contributed by atoms with E-state index in [1.807, 2.05) is 0 Å². The molecule has 1 saturated heterocycles. The Morgan fingerprint density at radius 2 is 2.06 bits per heavy atom. The predicted octanol–water partition coefficient (Wildman–Crippen LogP) is 2.35. The maximum absolute atomic E-state index is 3.52. The molecule has 1 aliphatic heterocycles. The Balaban J connectivity index is 1.67. The van der Waals surface area contributed by atoms with Crippen LogP contribution in [0.1, 0.15) is 39.5 Å². The van der Waals surface area contributed by atoms with Gasteiger partial charge in [-0.15, -0.1) is 0 Å². The van der Waals surface area contributed by atoms with Crippen molar-refractivity contribution >= 4 is 0 Å². The molecule has 1 heterocycles. The van der Waals surface area contributed by atoms with Gasteiger partial charge < -0.3 is 10.2 Å². The van der Waals surface area contributed by atoms with Gasteiger partial charge in [0.15, 0.2) is 0 Å². The number of rotatable bonds is 4. The van der Waals surface area contributed by atoms with Crippen molar-refractivity contribution < 1.29 is 0 Å². The van der Waals surface area contributed by atoms with Gasteiger partial charge in [0.05, 0.1) is 0 Å². The molecule has 1 aliphatic carbocycles. The molecule has 0 amide bonds. The Hall–Kier alpha value is -0.0800. The van der Waals surface area contributed by atoms with E-state index < -0.39 is 0 Å². The summed E-state index contributed by atoms with van der Waals surface area (Å²) in [7, 11) is 2.33. The Morgan fingerprint density at radius 1 is 1.31 bits per heavy atom. The van der Waals surface area contributed by atoms with E-state index >= 15 is 0 Å². The van der Waals surface area contributed by atoms with E-state index in [2.05, 4.69) is 31.1 Å². The SMILES string of the molecule is CC(C)C1CC(N(C)CC2CCCNC2)C1. The van der Waals surface area contributed by atoms with Crippen molar-refractivity contribution in [2.24, 2.45) is 17.8 Å². The molecule has 0 spiro atoms. The predicted molar refractivity (Wildman–Crippen MR) is 69.6 cm³/mol. The molecule has 1 N–H and O–H groups in total. The van der Waals surface area contributed by atoms with Gasteiger partial charge in [-0.3, -0.25) is 0 Å². The highest BCUT2D eigenvalue weighted by Gasteiger charge is 2.34. The summed E-state index contributed by atoms with van der Waals surface area (Å²) in [6.07, 6.45) is 5.68. The summed E-state index contributed by atoms with van der Waals surface area (Å²) in [6, 6.07) is 0.884. The van der Waals surface area contributed by atoms with Crippen LogP contribution in [0.5, 0.6) is 0 Å². The van der Waals surface area contributed by atoms with Crippen molar-refractivity contribution in [1.29, 1.82) is 0 Å². The van der Waals surface area contributed by atoms with Crippen molar-refractivity contribution in [1.82, 2.24) is 10.2 Å². The zero-order valence-corrected chi connectivity index (χ0v) is 11.2. The van der Waals surface area contributed by atoms with Crippen LogP contribution in [-0.2, 0) is 0 Å². The van der Waals surface area contributed by atoms with E-state index in [0.717, 1.165) is 23.8 Å². The first-order valence-corrected chi connectivity index (χ1v) is 7.07. The third-order valence-corrected chi connectivity index (χ3v) is 4.66. The molecule has 2 aliphatic rings. The molecule has 2 fully saturated rings. The molecule has 94 valence electrons. The van der Waals surface area contributed by atoms with Crippen molar-refractivity contribution in [3.63, 3.8) is 0 Å². The Morgan fingerprint density at radius 3 is 2.62 bits per heavy atom. The van der Waals surface area contributed by atoms with Gasteiger partial charge in [0, 0.05) is 12.6 Å². The summed E-state index contributed by atoms with van der Waals surface area (Å²) in [5.74, 6) is 2.79. The lowest BCUT2D eigenvalue weighted by molar-refractivity contribution is 0.0605. The minimum atomic E-state index is 0.884. The van der Waals surface area contributed by atoms with E-state index in [1.54, 1.807) is 0 Å². The van der Waals surface area contributed by atoms with Crippen LogP contribution < -0.4 is 5.32 Å². The Kier molecular flexibility index (Phi) is 4.26. The molecule has 1 unspecified atom stereocenters. The highest BCUT2D eigenvalue weighted by atomic mass is 15.1. The van der Waals surface area contributed by atoms with Crippen LogP contribution in [0.4, 0.5) is 0 Å². The largest absolute Gasteiger partial charge is 0.316 e. The highest BCUT2D eigenvalue weighted by molar-refractivity contribution is 4.88. The molecule has 1 saturated carbocycles. The third-order valence-electron chi connectivity index (χ3n) is 4.66. The van der Waals surface area contributed by atoms with Crippen LogP contribution in [0, 0.1) is 17.8 Å². The topological polar surface area (TPSA) is 15.3 Å². The van der Waals surface area contributed by atoms with E-state index in [0.29, 0.717) is 0 Å². The number of nitrogens with zero attached hydrogens (tertiary/aromatic N) is 1. The van der Waals surface area contributed by atoms with Gasteiger partial charge >= 0.3 is 0 Å². The monoisotopic (exact) mass is 224 g/mol. The second-order valence-corrected chi connectivity index (χ2v) is 6.28. The quantitative estimate of drug-likeness (QED) is 0.788. The Bertz CT molecular complexity index is 203. The third kappa shape index (κ3) is 2.98. The maximum atomic E-state index is 3.52. The minimum absolute atomic E-state index is 0.884. The molecule has 2 heteroatoms. The highest BCUT2D eigenvalue weighted by Crippen LogP contribution is 2.36. The van der Waals surface area contributed by atoms with E-state index in [1.165, 1.54) is 45.3 Å². The van der Waals surface area contributed by atoms with Crippen LogP contribution in [0.3, 0.4) is 0 Å². The summed E-state index contributed by atoms with van der Waals surface area (Å²) >= 11 is 0. The second-order valence-electron chi connectivity index (χ2n) is 6.28. The molecule has 0 aromatic heterocycles. The lowest BCUT2D eigenvalue weighted by Gasteiger charge is -2.44. The van der Waals surface area contributed by atoms with Gasteiger partial charge in [-0.1, -0.05) is 13.8 Å². The second kappa shape index (κ2) is 5.50. The zero-order chi connectivity index (χ0) is 11.5. The van der Waals surface area contributed by atoms with Gasteiger partial charge in [-0.25, -0.2) is 0 Å². The van der Waals surface area contributed by atoms with Crippen LogP contribution >= 0.6 is 0 Å². The van der Waals surface area contributed by atoms with Crippen molar-refractivity contribution in [2.45, 2.75) is 45.6 Å². The molecule has 0 bridgehead atoms. The van der Waals surface area contributed by atoms with Gasteiger partial charge in [0.2, 0.25) is 0 Å². The first-order chi connectivity index (χ1) is 7.66. The molecule has 0 aromatic carbocycles. The number of piperidine rings is 1. The first-order valence-electron chi connectivity index (χ1n) is 7.07. The summed E-state index contributed by atoms with van der Waals surface area (Å²) in [4.78, 5) is 2.62. The molecule has 2 nitrogen and oxygen atoms in total. The summed E-state index contributed by atoms with van der Waals surface area (Å²) < 4.78 is 0.